The zero-order valence-electron chi connectivity index (χ0n) is 11.6. The molecule has 1 aromatic heterocycles. The van der Waals surface area contributed by atoms with Gasteiger partial charge in [-0.2, -0.15) is 0 Å². The van der Waals surface area contributed by atoms with Crippen LogP contribution in [0.2, 0.25) is 10.3 Å². The van der Waals surface area contributed by atoms with Crippen LogP contribution in [-0.2, 0) is 0 Å². The Morgan fingerprint density at radius 1 is 1.28 bits per heavy atom. The largest absolute Gasteiger partial charge is 0.380 e. The van der Waals surface area contributed by atoms with Gasteiger partial charge in [0, 0.05) is 6.04 Å². The van der Waals surface area contributed by atoms with E-state index in [0.29, 0.717) is 22.3 Å². The van der Waals surface area contributed by atoms with E-state index < -0.39 is 0 Å². The Labute approximate surface area is 120 Å². The molecule has 2 unspecified atom stereocenters. The molecule has 1 aromatic rings. The first-order valence-electron chi connectivity index (χ1n) is 6.57. The highest BCUT2D eigenvalue weighted by molar-refractivity contribution is 6.34. The third-order valence-corrected chi connectivity index (χ3v) is 3.83. The molecule has 0 bridgehead atoms. The summed E-state index contributed by atoms with van der Waals surface area (Å²) in [5.74, 6) is 0.710. The molecule has 2 atom stereocenters. The molecule has 2 nitrogen and oxygen atoms in total. The van der Waals surface area contributed by atoms with Crippen LogP contribution in [0.25, 0.3) is 0 Å². The SMILES string of the molecule is CCC(C)CC(CC)Nc1c(C)cc(Cl)nc1Cl. The lowest BCUT2D eigenvalue weighted by Gasteiger charge is -2.23. The third-order valence-electron chi connectivity index (χ3n) is 3.37. The Balaban J connectivity index is 2.82. The van der Waals surface area contributed by atoms with Gasteiger partial charge in [0.2, 0.25) is 0 Å². The molecule has 0 radical (unpaired) electrons. The van der Waals surface area contributed by atoms with E-state index in [0.717, 1.165) is 24.1 Å². The smallest absolute Gasteiger partial charge is 0.154 e. The molecule has 0 amide bonds. The predicted molar refractivity (Wildman–Crippen MR) is 80.8 cm³/mol. The number of nitrogens with zero attached hydrogens (tertiary/aromatic N) is 1. The van der Waals surface area contributed by atoms with E-state index in [1.165, 1.54) is 6.42 Å². The van der Waals surface area contributed by atoms with Crippen molar-refractivity contribution >= 4 is 28.9 Å². The van der Waals surface area contributed by atoms with Crippen molar-refractivity contribution < 1.29 is 0 Å². The van der Waals surface area contributed by atoms with Gasteiger partial charge in [-0.1, -0.05) is 50.4 Å². The lowest BCUT2D eigenvalue weighted by molar-refractivity contribution is 0.461. The van der Waals surface area contributed by atoms with Crippen molar-refractivity contribution in [2.45, 2.75) is 53.0 Å². The highest BCUT2D eigenvalue weighted by atomic mass is 35.5. The van der Waals surface area contributed by atoms with Gasteiger partial charge in [0.25, 0.3) is 0 Å². The Bertz CT molecular complexity index is 370. The molecular formula is C14H22Cl2N2. The number of rotatable bonds is 6. The van der Waals surface area contributed by atoms with Crippen LogP contribution in [0.15, 0.2) is 6.07 Å². The molecule has 0 saturated heterocycles. The van der Waals surface area contributed by atoms with Crippen molar-refractivity contribution in [2.75, 3.05) is 5.32 Å². The van der Waals surface area contributed by atoms with E-state index >= 15 is 0 Å². The minimum Gasteiger partial charge on any atom is -0.380 e. The van der Waals surface area contributed by atoms with Gasteiger partial charge in [0.15, 0.2) is 5.15 Å². The van der Waals surface area contributed by atoms with E-state index in [1.54, 1.807) is 0 Å². The minimum absolute atomic E-state index is 0.430. The van der Waals surface area contributed by atoms with Crippen molar-refractivity contribution in [3.05, 3.63) is 21.9 Å². The number of aromatic nitrogens is 1. The maximum absolute atomic E-state index is 6.15. The number of hydrogen-bond donors (Lipinski definition) is 1. The Hall–Kier alpha value is -0.470. The maximum atomic E-state index is 6.15. The highest BCUT2D eigenvalue weighted by Crippen LogP contribution is 2.28. The van der Waals surface area contributed by atoms with E-state index in [9.17, 15) is 0 Å². The van der Waals surface area contributed by atoms with Gasteiger partial charge in [0.1, 0.15) is 5.15 Å². The summed E-state index contributed by atoms with van der Waals surface area (Å²) in [6.07, 6.45) is 3.41. The molecule has 0 fully saturated rings. The van der Waals surface area contributed by atoms with Gasteiger partial charge in [-0.05, 0) is 37.3 Å². The van der Waals surface area contributed by atoms with Gasteiger partial charge in [-0.15, -0.1) is 0 Å². The second kappa shape index (κ2) is 7.20. The van der Waals surface area contributed by atoms with Gasteiger partial charge < -0.3 is 5.32 Å². The molecule has 1 N–H and O–H groups in total. The number of halogens is 2. The zero-order chi connectivity index (χ0) is 13.7. The minimum atomic E-state index is 0.430. The summed E-state index contributed by atoms with van der Waals surface area (Å²) in [6, 6.07) is 2.27. The first kappa shape index (κ1) is 15.6. The van der Waals surface area contributed by atoms with E-state index in [1.807, 2.05) is 13.0 Å². The standard InChI is InChI=1S/C14H22Cl2N2/c1-5-9(3)7-11(6-2)17-13-10(4)8-12(15)18-14(13)16/h8-9,11,17H,5-7H2,1-4H3. The van der Waals surface area contributed by atoms with E-state index in [-0.39, 0.29) is 0 Å². The number of nitrogens with one attached hydrogen (secondary N) is 1. The zero-order valence-corrected chi connectivity index (χ0v) is 13.1. The van der Waals surface area contributed by atoms with Crippen molar-refractivity contribution in [3.63, 3.8) is 0 Å². The summed E-state index contributed by atoms with van der Waals surface area (Å²) in [4.78, 5) is 4.09. The third kappa shape index (κ3) is 4.33. The molecular weight excluding hydrogens is 267 g/mol. The summed E-state index contributed by atoms with van der Waals surface area (Å²) in [5, 5.41) is 4.41. The fraction of sp³-hybridized carbons (Fsp3) is 0.643. The second-order valence-corrected chi connectivity index (χ2v) is 5.67. The molecule has 1 heterocycles. The van der Waals surface area contributed by atoms with Crippen LogP contribution in [0.5, 0.6) is 0 Å². The molecule has 0 aromatic carbocycles. The fourth-order valence-corrected chi connectivity index (χ4v) is 2.54. The summed E-state index contributed by atoms with van der Waals surface area (Å²) in [7, 11) is 0. The Morgan fingerprint density at radius 3 is 2.44 bits per heavy atom. The van der Waals surface area contributed by atoms with Gasteiger partial charge in [-0.25, -0.2) is 4.98 Å². The Morgan fingerprint density at radius 2 is 1.94 bits per heavy atom. The first-order chi connectivity index (χ1) is 8.47. The van der Waals surface area contributed by atoms with Crippen LogP contribution in [0, 0.1) is 12.8 Å². The van der Waals surface area contributed by atoms with Crippen LogP contribution in [-0.4, -0.2) is 11.0 Å². The molecule has 18 heavy (non-hydrogen) atoms. The number of hydrogen-bond acceptors (Lipinski definition) is 2. The predicted octanol–water partition coefficient (Wildman–Crippen LogP) is 5.32. The van der Waals surface area contributed by atoms with E-state index in [2.05, 4.69) is 31.1 Å². The van der Waals surface area contributed by atoms with Crippen molar-refractivity contribution in [3.8, 4) is 0 Å². The van der Waals surface area contributed by atoms with Crippen LogP contribution in [0.1, 0.15) is 45.6 Å². The first-order valence-corrected chi connectivity index (χ1v) is 7.32. The van der Waals surface area contributed by atoms with Gasteiger partial charge in [0.05, 0.1) is 5.69 Å². The molecule has 0 aliphatic heterocycles. The molecule has 0 saturated carbocycles. The number of pyridine rings is 1. The molecule has 0 spiro atoms. The van der Waals surface area contributed by atoms with Crippen molar-refractivity contribution in [2.24, 2.45) is 5.92 Å². The normalized spacial score (nSPS) is 14.3. The summed E-state index contributed by atoms with van der Waals surface area (Å²) in [6.45, 7) is 8.68. The molecule has 0 aliphatic rings. The fourth-order valence-electron chi connectivity index (χ4n) is 1.95. The summed E-state index contributed by atoms with van der Waals surface area (Å²) < 4.78 is 0. The molecule has 102 valence electrons. The molecule has 1 rings (SSSR count). The molecule has 4 heteroatoms. The Kier molecular flexibility index (Phi) is 6.24. The van der Waals surface area contributed by atoms with Crippen LogP contribution >= 0.6 is 23.2 Å². The van der Waals surface area contributed by atoms with Crippen LogP contribution < -0.4 is 5.32 Å². The lowest BCUT2D eigenvalue weighted by atomic mass is 9.97. The molecule has 0 aliphatic carbocycles. The second-order valence-electron chi connectivity index (χ2n) is 4.93. The average molecular weight is 289 g/mol. The number of aryl methyl sites for hydroxylation is 1. The van der Waals surface area contributed by atoms with Crippen molar-refractivity contribution in [1.82, 2.24) is 4.98 Å². The number of anilines is 1. The van der Waals surface area contributed by atoms with Crippen LogP contribution in [0.3, 0.4) is 0 Å². The summed E-state index contributed by atoms with van der Waals surface area (Å²) in [5.41, 5.74) is 1.96. The monoisotopic (exact) mass is 288 g/mol. The summed E-state index contributed by atoms with van der Waals surface area (Å²) >= 11 is 12.0. The van der Waals surface area contributed by atoms with Crippen molar-refractivity contribution in [1.29, 1.82) is 0 Å². The topological polar surface area (TPSA) is 24.9 Å². The highest BCUT2D eigenvalue weighted by Gasteiger charge is 2.14. The lowest BCUT2D eigenvalue weighted by Crippen LogP contribution is -2.22. The van der Waals surface area contributed by atoms with E-state index in [4.69, 9.17) is 23.2 Å². The van der Waals surface area contributed by atoms with Crippen LogP contribution in [0.4, 0.5) is 5.69 Å². The maximum Gasteiger partial charge on any atom is 0.154 e. The average Bonchev–Trinajstić information content (AvgIpc) is 2.31. The van der Waals surface area contributed by atoms with Gasteiger partial charge in [-0.3, -0.25) is 0 Å². The van der Waals surface area contributed by atoms with Gasteiger partial charge >= 0.3 is 0 Å². The quantitative estimate of drug-likeness (QED) is 0.716.